The van der Waals surface area contributed by atoms with Crippen molar-refractivity contribution in [3.8, 4) is 0 Å². The zero-order valence-corrected chi connectivity index (χ0v) is 11.3. The molecule has 2 nitrogen and oxygen atoms in total. The molecule has 0 saturated heterocycles. The van der Waals surface area contributed by atoms with Crippen LogP contribution in [0.5, 0.6) is 0 Å². The van der Waals surface area contributed by atoms with Crippen molar-refractivity contribution in [2.75, 3.05) is 0 Å². The molecule has 1 N–H and O–H groups in total. The summed E-state index contributed by atoms with van der Waals surface area (Å²) < 4.78 is 0. The highest BCUT2D eigenvalue weighted by Crippen LogP contribution is 2.45. The van der Waals surface area contributed by atoms with E-state index in [1.807, 2.05) is 13.8 Å². The van der Waals surface area contributed by atoms with Crippen LogP contribution in [0.15, 0.2) is 0 Å². The number of carboxylic acids is 1. The van der Waals surface area contributed by atoms with Crippen LogP contribution < -0.4 is 0 Å². The van der Waals surface area contributed by atoms with Crippen LogP contribution >= 0.6 is 0 Å². The Kier molecular flexibility index (Phi) is 3.71. The molecule has 16 heavy (non-hydrogen) atoms. The number of aliphatic carboxylic acids is 1. The molecule has 0 aromatic rings. The quantitative estimate of drug-likeness (QED) is 0.774. The van der Waals surface area contributed by atoms with Gasteiger partial charge in [0.2, 0.25) is 0 Å². The van der Waals surface area contributed by atoms with Gasteiger partial charge >= 0.3 is 5.97 Å². The maximum atomic E-state index is 11.2. The molecule has 0 radical (unpaired) electrons. The topological polar surface area (TPSA) is 37.3 Å². The Labute approximate surface area is 99.4 Å². The van der Waals surface area contributed by atoms with Gasteiger partial charge in [-0.2, -0.15) is 0 Å². The molecule has 0 aliphatic heterocycles. The van der Waals surface area contributed by atoms with Crippen molar-refractivity contribution in [3.63, 3.8) is 0 Å². The maximum Gasteiger partial charge on any atom is 0.309 e. The van der Waals surface area contributed by atoms with E-state index in [9.17, 15) is 9.90 Å². The minimum atomic E-state index is -0.647. The molecule has 1 rings (SSSR count). The Hall–Kier alpha value is -0.530. The fraction of sp³-hybridized carbons (Fsp3) is 0.929. The Balaban J connectivity index is 2.59. The summed E-state index contributed by atoms with van der Waals surface area (Å²) in [7, 11) is 0. The number of hydrogen-bond acceptors (Lipinski definition) is 1. The van der Waals surface area contributed by atoms with Gasteiger partial charge in [0.1, 0.15) is 0 Å². The Bertz CT molecular complexity index is 252. The molecule has 0 aromatic heterocycles. The van der Waals surface area contributed by atoms with E-state index in [0.29, 0.717) is 11.3 Å². The number of carboxylic acid groups (broad SMARTS) is 1. The summed E-state index contributed by atoms with van der Waals surface area (Å²) in [6.45, 7) is 10.6. The lowest BCUT2D eigenvalue weighted by Gasteiger charge is -2.41. The number of carbonyl (C=O) groups is 1. The van der Waals surface area contributed by atoms with Crippen molar-refractivity contribution in [2.24, 2.45) is 22.7 Å². The molecule has 1 fully saturated rings. The minimum absolute atomic E-state index is 0.351. The second kappa shape index (κ2) is 4.38. The van der Waals surface area contributed by atoms with Crippen LogP contribution in [0.1, 0.15) is 60.3 Å². The molecular formula is C14H26O2. The molecule has 1 aliphatic rings. The van der Waals surface area contributed by atoms with Gasteiger partial charge < -0.3 is 5.11 Å². The lowest BCUT2D eigenvalue weighted by molar-refractivity contribution is -0.151. The fourth-order valence-electron chi connectivity index (χ4n) is 2.86. The van der Waals surface area contributed by atoms with Gasteiger partial charge in [0.25, 0.3) is 0 Å². The average Bonchev–Trinajstić information content (AvgIpc) is 2.16. The molecule has 1 aliphatic carbocycles. The second-order valence-electron chi connectivity index (χ2n) is 6.94. The summed E-state index contributed by atoms with van der Waals surface area (Å²) in [5.41, 5.74) is -0.179. The molecule has 94 valence electrons. The largest absolute Gasteiger partial charge is 0.481 e. The molecule has 2 heteroatoms. The first-order valence-corrected chi connectivity index (χ1v) is 6.39. The van der Waals surface area contributed by atoms with E-state index in [-0.39, 0.29) is 0 Å². The van der Waals surface area contributed by atoms with Crippen molar-refractivity contribution < 1.29 is 9.90 Å². The van der Waals surface area contributed by atoms with Crippen LogP contribution in [0.4, 0.5) is 0 Å². The van der Waals surface area contributed by atoms with Gasteiger partial charge in [0.15, 0.2) is 0 Å². The molecule has 0 unspecified atom stereocenters. The van der Waals surface area contributed by atoms with E-state index >= 15 is 0 Å². The van der Waals surface area contributed by atoms with Gasteiger partial charge in [-0.1, -0.05) is 20.8 Å². The van der Waals surface area contributed by atoms with Crippen LogP contribution in [0.2, 0.25) is 0 Å². The highest BCUT2D eigenvalue weighted by atomic mass is 16.4. The lowest BCUT2D eigenvalue weighted by atomic mass is 9.64. The van der Waals surface area contributed by atoms with Crippen LogP contribution in [0.25, 0.3) is 0 Å². The van der Waals surface area contributed by atoms with Gasteiger partial charge in [0.05, 0.1) is 5.41 Å². The SMILES string of the molecule is CC(C)(C)C1CCC(C(C)(C)C(=O)O)CC1. The van der Waals surface area contributed by atoms with E-state index in [4.69, 9.17) is 0 Å². The normalized spacial score (nSPS) is 27.8. The molecule has 0 amide bonds. The zero-order chi connectivity index (χ0) is 12.6. The average molecular weight is 226 g/mol. The van der Waals surface area contributed by atoms with E-state index < -0.39 is 11.4 Å². The minimum Gasteiger partial charge on any atom is -0.481 e. The third kappa shape index (κ3) is 2.78. The second-order valence-corrected chi connectivity index (χ2v) is 6.94. The number of hydrogen-bond donors (Lipinski definition) is 1. The van der Waals surface area contributed by atoms with Crippen molar-refractivity contribution in [1.29, 1.82) is 0 Å². The van der Waals surface area contributed by atoms with Crippen molar-refractivity contribution in [1.82, 2.24) is 0 Å². The monoisotopic (exact) mass is 226 g/mol. The molecule has 0 aromatic carbocycles. The summed E-state index contributed by atoms with van der Waals surface area (Å²) >= 11 is 0. The Morgan fingerprint density at radius 2 is 1.31 bits per heavy atom. The molecule has 1 saturated carbocycles. The van der Waals surface area contributed by atoms with Crippen LogP contribution in [-0.4, -0.2) is 11.1 Å². The zero-order valence-electron chi connectivity index (χ0n) is 11.3. The Morgan fingerprint density at radius 1 is 0.938 bits per heavy atom. The summed E-state index contributed by atoms with van der Waals surface area (Å²) in [5.74, 6) is 0.462. The van der Waals surface area contributed by atoms with E-state index in [0.717, 1.165) is 18.8 Å². The molecular weight excluding hydrogens is 200 g/mol. The predicted molar refractivity (Wildman–Crippen MR) is 66.3 cm³/mol. The van der Waals surface area contributed by atoms with E-state index in [1.54, 1.807) is 0 Å². The van der Waals surface area contributed by atoms with E-state index in [2.05, 4.69) is 20.8 Å². The van der Waals surface area contributed by atoms with Crippen LogP contribution in [0, 0.1) is 22.7 Å². The first-order valence-electron chi connectivity index (χ1n) is 6.39. The van der Waals surface area contributed by atoms with Gasteiger partial charge in [-0.05, 0) is 56.8 Å². The third-order valence-corrected chi connectivity index (χ3v) is 4.52. The standard InChI is InChI=1S/C14H26O2/c1-13(2,3)10-6-8-11(9-7-10)14(4,5)12(15)16/h10-11H,6-9H2,1-5H3,(H,15,16). The van der Waals surface area contributed by atoms with E-state index in [1.165, 1.54) is 12.8 Å². The van der Waals surface area contributed by atoms with Gasteiger partial charge in [-0.3, -0.25) is 4.79 Å². The van der Waals surface area contributed by atoms with Crippen LogP contribution in [0.3, 0.4) is 0 Å². The molecule has 0 heterocycles. The highest BCUT2D eigenvalue weighted by molar-refractivity contribution is 5.74. The van der Waals surface area contributed by atoms with Crippen LogP contribution in [-0.2, 0) is 4.79 Å². The third-order valence-electron chi connectivity index (χ3n) is 4.52. The van der Waals surface area contributed by atoms with Gasteiger partial charge in [-0.15, -0.1) is 0 Å². The maximum absolute atomic E-state index is 11.2. The van der Waals surface area contributed by atoms with Crippen molar-refractivity contribution in [3.05, 3.63) is 0 Å². The summed E-state index contributed by atoms with van der Waals surface area (Å²) in [6.07, 6.45) is 4.51. The Morgan fingerprint density at radius 3 is 1.62 bits per heavy atom. The van der Waals surface area contributed by atoms with Gasteiger partial charge in [-0.25, -0.2) is 0 Å². The lowest BCUT2D eigenvalue weighted by Crippen LogP contribution is -2.37. The first-order chi connectivity index (χ1) is 7.15. The molecule has 0 spiro atoms. The number of rotatable bonds is 2. The summed E-state index contributed by atoms with van der Waals surface area (Å²) in [6, 6.07) is 0. The summed E-state index contributed by atoms with van der Waals surface area (Å²) in [4.78, 5) is 11.2. The highest BCUT2D eigenvalue weighted by Gasteiger charge is 2.40. The predicted octanol–water partition coefficient (Wildman–Crippen LogP) is 3.95. The molecule has 0 atom stereocenters. The first kappa shape index (κ1) is 13.5. The fourth-order valence-corrected chi connectivity index (χ4v) is 2.86. The smallest absolute Gasteiger partial charge is 0.309 e. The van der Waals surface area contributed by atoms with Gasteiger partial charge in [0, 0.05) is 0 Å². The molecule has 0 bridgehead atoms. The summed E-state index contributed by atoms with van der Waals surface area (Å²) in [5, 5.41) is 9.22. The van der Waals surface area contributed by atoms with Crippen molar-refractivity contribution >= 4 is 5.97 Å². The van der Waals surface area contributed by atoms with Crippen molar-refractivity contribution in [2.45, 2.75) is 60.3 Å².